The van der Waals surface area contributed by atoms with Gasteiger partial charge in [-0.25, -0.2) is 0 Å². The highest BCUT2D eigenvalue weighted by Crippen LogP contribution is 2.19. The molecule has 0 fully saturated rings. The molecule has 0 radical (unpaired) electrons. The minimum Gasteiger partial charge on any atom is -0.342 e. The number of nitrogens with one attached hydrogen (secondary N) is 1. The van der Waals surface area contributed by atoms with Crippen LogP contribution in [0.25, 0.3) is 0 Å². The topological polar surface area (TPSA) is 46.9 Å². The third-order valence-corrected chi connectivity index (χ3v) is 4.46. The number of nitrogens with zero attached hydrogens (tertiary/aromatic N) is 2. The van der Waals surface area contributed by atoms with Gasteiger partial charge in [-0.05, 0) is 56.2 Å². The molecule has 3 rings (SSSR count). The first kappa shape index (κ1) is 17.0. The highest BCUT2D eigenvalue weighted by molar-refractivity contribution is 6.05. The van der Waals surface area contributed by atoms with Crippen LogP contribution in [-0.4, -0.2) is 15.5 Å². The Bertz CT molecular complexity index is 881. The molecule has 2 heterocycles. The third kappa shape index (κ3) is 3.79. The first-order valence-electron chi connectivity index (χ1n) is 8.55. The summed E-state index contributed by atoms with van der Waals surface area (Å²) in [5.74, 6) is -0.0753. The van der Waals surface area contributed by atoms with Gasteiger partial charge in [0.25, 0.3) is 5.91 Å². The van der Waals surface area contributed by atoms with Gasteiger partial charge in [-0.3, -0.25) is 9.78 Å². The van der Waals surface area contributed by atoms with Crippen molar-refractivity contribution >= 4 is 11.6 Å². The van der Waals surface area contributed by atoms with Crippen LogP contribution in [0.2, 0.25) is 0 Å². The lowest BCUT2D eigenvalue weighted by Crippen LogP contribution is -2.14. The number of hydrogen-bond donors (Lipinski definition) is 1. The molecule has 3 aromatic rings. The maximum absolute atomic E-state index is 12.7. The molecule has 1 amide bonds. The van der Waals surface area contributed by atoms with Crippen LogP contribution in [0.4, 0.5) is 5.69 Å². The van der Waals surface area contributed by atoms with E-state index in [0.717, 1.165) is 29.2 Å². The smallest absolute Gasteiger partial charge is 0.257 e. The van der Waals surface area contributed by atoms with Crippen molar-refractivity contribution in [3.63, 3.8) is 0 Å². The Labute approximate surface area is 148 Å². The molecule has 4 nitrogen and oxygen atoms in total. The van der Waals surface area contributed by atoms with Crippen LogP contribution in [-0.2, 0) is 13.0 Å². The molecule has 0 aliphatic heterocycles. The van der Waals surface area contributed by atoms with Crippen LogP contribution >= 0.6 is 0 Å². The number of hydrogen-bond acceptors (Lipinski definition) is 2. The second-order valence-electron chi connectivity index (χ2n) is 6.20. The van der Waals surface area contributed by atoms with Crippen molar-refractivity contribution in [3.8, 4) is 0 Å². The van der Waals surface area contributed by atoms with E-state index in [1.165, 1.54) is 5.56 Å². The summed E-state index contributed by atoms with van der Waals surface area (Å²) in [5.41, 5.74) is 5.72. The average Bonchev–Trinajstić information content (AvgIpc) is 2.91. The molecule has 4 heteroatoms. The second kappa shape index (κ2) is 7.34. The summed E-state index contributed by atoms with van der Waals surface area (Å²) >= 11 is 0. The minimum atomic E-state index is -0.0753. The van der Waals surface area contributed by atoms with Crippen LogP contribution in [0.3, 0.4) is 0 Å². The molecule has 0 spiro atoms. The highest BCUT2D eigenvalue weighted by Gasteiger charge is 2.16. The largest absolute Gasteiger partial charge is 0.342 e. The molecule has 25 heavy (non-hydrogen) atoms. The van der Waals surface area contributed by atoms with Gasteiger partial charge in [0.05, 0.1) is 17.8 Å². The summed E-state index contributed by atoms with van der Waals surface area (Å²) in [4.78, 5) is 17.1. The van der Waals surface area contributed by atoms with Crippen LogP contribution in [0, 0.1) is 13.8 Å². The zero-order valence-electron chi connectivity index (χ0n) is 14.9. The van der Waals surface area contributed by atoms with Gasteiger partial charge < -0.3 is 9.88 Å². The second-order valence-corrected chi connectivity index (χ2v) is 6.20. The molecule has 2 aromatic heterocycles. The van der Waals surface area contributed by atoms with E-state index in [1.807, 2.05) is 56.3 Å². The number of aromatic nitrogens is 2. The molecule has 0 aliphatic rings. The number of pyridine rings is 1. The SMILES string of the molecule is CCc1cccc(NC(=O)c2cc(C)n(Cc3ccccn3)c2C)c1. The van der Waals surface area contributed by atoms with Gasteiger partial charge in [0.15, 0.2) is 0 Å². The summed E-state index contributed by atoms with van der Waals surface area (Å²) in [6.07, 6.45) is 2.74. The predicted octanol–water partition coefficient (Wildman–Crippen LogP) is 4.36. The van der Waals surface area contributed by atoms with Crippen molar-refractivity contribution in [2.45, 2.75) is 33.7 Å². The Morgan fingerprint density at radius 1 is 1.12 bits per heavy atom. The number of rotatable bonds is 5. The summed E-state index contributed by atoms with van der Waals surface area (Å²) < 4.78 is 2.12. The Kier molecular flexibility index (Phi) is 4.98. The summed E-state index contributed by atoms with van der Waals surface area (Å²) in [5, 5.41) is 3.01. The zero-order chi connectivity index (χ0) is 17.8. The van der Waals surface area contributed by atoms with E-state index in [-0.39, 0.29) is 5.91 Å². The molecule has 0 unspecified atom stereocenters. The molecule has 0 saturated heterocycles. The molecule has 1 N–H and O–H groups in total. The zero-order valence-corrected chi connectivity index (χ0v) is 14.9. The van der Waals surface area contributed by atoms with Crippen molar-refractivity contribution in [2.75, 3.05) is 5.32 Å². The lowest BCUT2D eigenvalue weighted by Gasteiger charge is -2.10. The van der Waals surface area contributed by atoms with Crippen LogP contribution in [0.15, 0.2) is 54.7 Å². The van der Waals surface area contributed by atoms with Crippen molar-refractivity contribution in [1.82, 2.24) is 9.55 Å². The monoisotopic (exact) mass is 333 g/mol. The van der Waals surface area contributed by atoms with Gasteiger partial charge in [-0.2, -0.15) is 0 Å². The van der Waals surface area contributed by atoms with Crippen molar-refractivity contribution < 1.29 is 4.79 Å². The molecule has 0 atom stereocenters. The number of carbonyl (C=O) groups excluding carboxylic acids is 1. The molecule has 1 aromatic carbocycles. The fourth-order valence-electron chi connectivity index (χ4n) is 3.00. The summed E-state index contributed by atoms with van der Waals surface area (Å²) in [6.45, 7) is 6.76. The van der Waals surface area contributed by atoms with E-state index < -0.39 is 0 Å². The maximum Gasteiger partial charge on any atom is 0.257 e. The molecule has 128 valence electrons. The highest BCUT2D eigenvalue weighted by atomic mass is 16.1. The lowest BCUT2D eigenvalue weighted by atomic mass is 10.1. The fourth-order valence-corrected chi connectivity index (χ4v) is 3.00. The minimum absolute atomic E-state index is 0.0753. The van der Waals surface area contributed by atoms with Crippen LogP contribution in [0.5, 0.6) is 0 Å². The molecule has 0 aliphatic carbocycles. The Balaban J connectivity index is 1.82. The number of carbonyl (C=O) groups is 1. The predicted molar refractivity (Wildman–Crippen MR) is 101 cm³/mol. The van der Waals surface area contributed by atoms with Crippen LogP contribution < -0.4 is 5.32 Å². The Morgan fingerprint density at radius 2 is 1.96 bits per heavy atom. The van der Waals surface area contributed by atoms with E-state index in [0.29, 0.717) is 12.1 Å². The quantitative estimate of drug-likeness (QED) is 0.754. The number of anilines is 1. The van der Waals surface area contributed by atoms with E-state index in [1.54, 1.807) is 6.20 Å². The lowest BCUT2D eigenvalue weighted by molar-refractivity contribution is 0.102. The van der Waals surface area contributed by atoms with E-state index in [9.17, 15) is 4.79 Å². The maximum atomic E-state index is 12.7. The summed E-state index contributed by atoms with van der Waals surface area (Å²) in [7, 11) is 0. The van der Waals surface area contributed by atoms with E-state index in [4.69, 9.17) is 0 Å². The van der Waals surface area contributed by atoms with Gasteiger partial charge in [0, 0.05) is 23.3 Å². The summed E-state index contributed by atoms with van der Waals surface area (Å²) in [6, 6.07) is 15.8. The third-order valence-electron chi connectivity index (χ3n) is 4.46. The number of benzene rings is 1. The van der Waals surface area contributed by atoms with Crippen LogP contribution in [0.1, 0.15) is 39.9 Å². The van der Waals surface area contributed by atoms with Gasteiger partial charge in [-0.1, -0.05) is 25.1 Å². The van der Waals surface area contributed by atoms with Gasteiger partial charge >= 0.3 is 0 Å². The molecular weight excluding hydrogens is 310 g/mol. The van der Waals surface area contributed by atoms with Gasteiger partial charge in [0.2, 0.25) is 0 Å². The standard InChI is InChI=1S/C21H23N3O/c1-4-17-8-7-10-18(13-17)23-21(25)20-12-15(2)24(16(20)3)14-19-9-5-6-11-22-19/h5-13H,4,14H2,1-3H3,(H,23,25). The molecule has 0 saturated carbocycles. The first-order chi connectivity index (χ1) is 12.1. The molecule has 0 bridgehead atoms. The molecular formula is C21H23N3O. The normalized spacial score (nSPS) is 10.7. The van der Waals surface area contributed by atoms with Crippen molar-refractivity contribution in [3.05, 3.63) is 82.9 Å². The first-order valence-corrected chi connectivity index (χ1v) is 8.55. The average molecular weight is 333 g/mol. The van der Waals surface area contributed by atoms with E-state index in [2.05, 4.69) is 27.9 Å². The van der Waals surface area contributed by atoms with E-state index >= 15 is 0 Å². The van der Waals surface area contributed by atoms with Gasteiger partial charge in [0.1, 0.15) is 0 Å². The van der Waals surface area contributed by atoms with Crippen molar-refractivity contribution in [1.29, 1.82) is 0 Å². The Morgan fingerprint density at radius 3 is 2.68 bits per heavy atom. The Hall–Kier alpha value is -2.88. The number of amides is 1. The number of aryl methyl sites for hydroxylation is 2. The fraction of sp³-hybridized carbons (Fsp3) is 0.238. The van der Waals surface area contributed by atoms with Crippen molar-refractivity contribution in [2.24, 2.45) is 0 Å². The van der Waals surface area contributed by atoms with Gasteiger partial charge in [-0.15, -0.1) is 0 Å².